The summed E-state index contributed by atoms with van der Waals surface area (Å²) in [5, 5.41) is 3.26. The Labute approximate surface area is 212 Å². The third kappa shape index (κ3) is 6.01. The number of halogens is 3. The van der Waals surface area contributed by atoms with Crippen LogP contribution in [0.1, 0.15) is 26.3 Å². The molecule has 3 rings (SSSR count). The van der Waals surface area contributed by atoms with Crippen molar-refractivity contribution in [1.29, 1.82) is 0 Å². The molecule has 3 aromatic rings. The summed E-state index contributed by atoms with van der Waals surface area (Å²) in [5.41, 5.74) is 1.65. The van der Waals surface area contributed by atoms with E-state index in [1.807, 2.05) is 0 Å². The van der Waals surface area contributed by atoms with Crippen molar-refractivity contribution in [2.75, 3.05) is 23.0 Å². The zero-order chi connectivity index (χ0) is 25.0. The van der Waals surface area contributed by atoms with E-state index in [4.69, 9.17) is 34.8 Å². The second-order valence-electron chi connectivity index (χ2n) is 7.18. The zero-order valence-corrected chi connectivity index (χ0v) is 21.1. The van der Waals surface area contributed by atoms with E-state index in [1.54, 1.807) is 42.5 Å². The Morgan fingerprint density at radius 1 is 0.941 bits per heavy atom. The maximum Gasteiger partial charge on any atom is 0.337 e. The van der Waals surface area contributed by atoms with Crippen LogP contribution < -0.4 is 9.62 Å². The van der Waals surface area contributed by atoms with Crippen molar-refractivity contribution < 1.29 is 22.7 Å². The molecule has 0 heterocycles. The Hall–Kier alpha value is -2.78. The average molecular weight is 542 g/mol. The number of nitrogens with zero attached hydrogens (tertiary/aromatic N) is 1. The fraction of sp³-hybridized carbons (Fsp3) is 0.130. The predicted octanol–water partition coefficient (Wildman–Crippen LogP) is 5.65. The maximum atomic E-state index is 12.7. The van der Waals surface area contributed by atoms with Gasteiger partial charge < -0.3 is 10.1 Å². The highest BCUT2D eigenvalue weighted by molar-refractivity contribution is 7.92. The first-order valence-electron chi connectivity index (χ1n) is 9.71. The van der Waals surface area contributed by atoms with Gasteiger partial charge in [0.25, 0.3) is 5.91 Å². The molecule has 3 aromatic carbocycles. The highest BCUT2D eigenvalue weighted by Gasteiger charge is 2.22. The summed E-state index contributed by atoms with van der Waals surface area (Å²) in [5.74, 6) is -1.03. The molecule has 1 N–H and O–H groups in total. The van der Waals surface area contributed by atoms with Gasteiger partial charge in [-0.2, -0.15) is 0 Å². The van der Waals surface area contributed by atoms with E-state index >= 15 is 0 Å². The first-order valence-corrected chi connectivity index (χ1v) is 12.7. The van der Waals surface area contributed by atoms with E-state index in [2.05, 4.69) is 10.1 Å². The molecule has 0 spiro atoms. The van der Waals surface area contributed by atoms with E-state index in [0.717, 1.165) is 10.6 Å². The Morgan fingerprint density at radius 3 is 2.21 bits per heavy atom. The molecule has 34 heavy (non-hydrogen) atoms. The number of methoxy groups -OCH3 is 1. The number of sulfonamides is 1. The summed E-state index contributed by atoms with van der Waals surface area (Å²) < 4.78 is 30.7. The van der Waals surface area contributed by atoms with Crippen molar-refractivity contribution in [2.24, 2.45) is 0 Å². The van der Waals surface area contributed by atoms with Crippen molar-refractivity contribution in [2.45, 2.75) is 6.54 Å². The van der Waals surface area contributed by atoms with Crippen LogP contribution in [0.25, 0.3) is 0 Å². The van der Waals surface area contributed by atoms with Crippen LogP contribution in [0.2, 0.25) is 15.1 Å². The molecule has 0 radical (unpaired) electrons. The van der Waals surface area contributed by atoms with Gasteiger partial charge in [-0.25, -0.2) is 13.2 Å². The van der Waals surface area contributed by atoms with Crippen LogP contribution in [-0.4, -0.2) is 33.7 Å². The van der Waals surface area contributed by atoms with Crippen LogP contribution in [0.4, 0.5) is 11.4 Å². The van der Waals surface area contributed by atoms with Gasteiger partial charge in [0, 0.05) is 5.56 Å². The fourth-order valence-electron chi connectivity index (χ4n) is 3.05. The number of anilines is 2. The molecule has 0 aliphatic rings. The fourth-order valence-corrected chi connectivity index (χ4v) is 4.56. The SMILES string of the molecule is COC(=O)c1ccc(Cl)c(NC(=O)c2ccc(CN(c3cccc(Cl)c3Cl)S(C)(=O)=O)cc2)c1. The number of ether oxygens (including phenoxy) is 1. The van der Waals surface area contributed by atoms with Crippen molar-refractivity contribution in [1.82, 2.24) is 0 Å². The lowest BCUT2D eigenvalue weighted by atomic mass is 10.1. The Kier molecular flexibility index (Phi) is 8.09. The molecule has 0 atom stereocenters. The molecule has 0 unspecified atom stereocenters. The van der Waals surface area contributed by atoms with Gasteiger partial charge in [0.15, 0.2) is 0 Å². The number of amides is 1. The van der Waals surface area contributed by atoms with Gasteiger partial charge in [0.2, 0.25) is 10.0 Å². The molecular weight excluding hydrogens is 523 g/mol. The van der Waals surface area contributed by atoms with Gasteiger partial charge in [-0.15, -0.1) is 0 Å². The normalized spacial score (nSPS) is 11.1. The number of hydrogen-bond acceptors (Lipinski definition) is 5. The first-order chi connectivity index (χ1) is 16.0. The summed E-state index contributed by atoms with van der Waals surface area (Å²) in [6, 6.07) is 15.4. The van der Waals surface area contributed by atoms with Crippen molar-refractivity contribution in [3.8, 4) is 0 Å². The second-order valence-corrected chi connectivity index (χ2v) is 10.3. The van der Waals surface area contributed by atoms with Gasteiger partial charge in [-0.05, 0) is 48.0 Å². The number of carbonyl (C=O) groups is 2. The number of benzene rings is 3. The second kappa shape index (κ2) is 10.7. The van der Waals surface area contributed by atoms with Crippen molar-refractivity contribution >= 4 is 68.1 Å². The lowest BCUT2D eigenvalue weighted by Crippen LogP contribution is -2.29. The molecule has 7 nitrogen and oxygen atoms in total. The Balaban J connectivity index is 1.81. The largest absolute Gasteiger partial charge is 0.465 e. The highest BCUT2D eigenvalue weighted by Crippen LogP contribution is 2.34. The zero-order valence-electron chi connectivity index (χ0n) is 18.0. The molecule has 0 bridgehead atoms. The van der Waals surface area contributed by atoms with Crippen LogP contribution in [0.15, 0.2) is 60.7 Å². The Bertz CT molecular complexity index is 1350. The monoisotopic (exact) mass is 540 g/mol. The van der Waals surface area contributed by atoms with E-state index in [1.165, 1.54) is 25.3 Å². The maximum absolute atomic E-state index is 12.7. The third-order valence-corrected chi connectivity index (χ3v) is 7.04. The summed E-state index contributed by atoms with van der Waals surface area (Å²) in [7, 11) is -2.43. The van der Waals surface area contributed by atoms with Crippen LogP contribution in [-0.2, 0) is 21.3 Å². The molecular formula is C23H19Cl3N2O5S. The van der Waals surface area contributed by atoms with Crippen LogP contribution in [0.5, 0.6) is 0 Å². The van der Waals surface area contributed by atoms with E-state index in [0.29, 0.717) is 11.1 Å². The average Bonchev–Trinajstić information content (AvgIpc) is 2.80. The standard InChI is InChI=1S/C23H19Cl3N2O5S/c1-33-23(30)16-10-11-17(24)19(12-16)27-22(29)15-8-6-14(7-9-15)13-28(34(2,31)32)20-5-3-4-18(25)21(20)26/h3-12H,13H2,1-2H3,(H,27,29). The number of esters is 1. The molecule has 0 aliphatic carbocycles. The molecule has 0 aromatic heterocycles. The van der Waals surface area contributed by atoms with Crippen LogP contribution in [0, 0.1) is 0 Å². The van der Waals surface area contributed by atoms with E-state index in [9.17, 15) is 18.0 Å². The molecule has 178 valence electrons. The predicted molar refractivity (Wildman–Crippen MR) is 135 cm³/mol. The molecule has 0 saturated carbocycles. The summed E-state index contributed by atoms with van der Waals surface area (Å²) in [4.78, 5) is 24.4. The minimum atomic E-state index is -3.68. The third-order valence-electron chi connectivity index (χ3n) is 4.78. The summed E-state index contributed by atoms with van der Waals surface area (Å²) in [6.07, 6.45) is 1.07. The Morgan fingerprint density at radius 2 is 1.59 bits per heavy atom. The highest BCUT2D eigenvalue weighted by atomic mass is 35.5. The topological polar surface area (TPSA) is 92.8 Å². The number of nitrogens with one attached hydrogen (secondary N) is 1. The summed E-state index contributed by atoms with van der Waals surface area (Å²) >= 11 is 18.4. The van der Waals surface area contributed by atoms with Gasteiger partial charge in [0.1, 0.15) is 0 Å². The molecule has 1 amide bonds. The van der Waals surface area contributed by atoms with Gasteiger partial charge in [-0.1, -0.05) is 53.0 Å². The van der Waals surface area contributed by atoms with Gasteiger partial charge in [-0.3, -0.25) is 9.10 Å². The quantitative estimate of drug-likeness (QED) is 0.390. The lowest BCUT2D eigenvalue weighted by Gasteiger charge is -2.24. The minimum Gasteiger partial charge on any atom is -0.465 e. The number of rotatable bonds is 7. The summed E-state index contributed by atoms with van der Waals surface area (Å²) in [6.45, 7) is -0.0200. The smallest absolute Gasteiger partial charge is 0.337 e. The minimum absolute atomic E-state index is 0.0200. The van der Waals surface area contributed by atoms with Crippen molar-refractivity contribution in [3.05, 3.63) is 92.4 Å². The molecule has 0 aliphatic heterocycles. The van der Waals surface area contributed by atoms with Crippen molar-refractivity contribution in [3.63, 3.8) is 0 Å². The molecule has 0 fully saturated rings. The first kappa shape index (κ1) is 25.8. The van der Waals surface area contributed by atoms with Crippen LogP contribution in [0.3, 0.4) is 0 Å². The molecule has 11 heteroatoms. The van der Waals surface area contributed by atoms with Gasteiger partial charge >= 0.3 is 5.97 Å². The van der Waals surface area contributed by atoms with E-state index < -0.39 is 21.9 Å². The van der Waals surface area contributed by atoms with E-state index in [-0.39, 0.29) is 38.6 Å². The van der Waals surface area contributed by atoms with Gasteiger partial charge in [0.05, 0.1) is 51.9 Å². The van der Waals surface area contributed by atoms with Crippen LogP contribution >= 0.6 is 34.8 Å². The number of carbonyl (C=O) groups excluding carboxylic acids is 2. The lowest BCUT2D eigenvalue weighted by molar-refractivity contribution is 0.0600. The molecule has 0 saturated heterocycles. The number of hydrogen-bond donors (Lipinski definition) is 1.